The number of para-hydroxylation sites is 1. The smallest absolute Gasteiger partial charge is 0.329 e. The van der Waals surface area contributed by atoms with E-state index in [1.165, 1.54) is 7.05 Å². The first kappa shape index (κ1) is 10.0. The van der Waals surface area contributed by atoms with E-state index in [9.17, 15) is 9.59 Å². The average Bonchev–Trinajstić information content (AvgIpc) is 2.18. The normalized spacial score (nSPS) is 9.21. The molecule has 0 unspecified atom stereocenters. The van der Waals surface area contributed by atoms with Crippen molar-refractivity contribution >= 4 is 17.7 Å². The second kappa shape index (κ2) is 4.27. The minimum atomic E-state index is -0.793. The molecule has 0 heterocycles. The topological polar surface area (TPSA) is 75.4 Å². The molecule has 0 bridgehead atoms. The van der Waals surface area contributed by atoms with Gasteiger partial charge in [0.2, 0.25) is 0 Å². The van der Waals surface area contributed by atoms with Gasteiger partial charge in [-0.05, 0) is 12.1 Å². The molecule has 0 fully saturated rings. The lowest BCUT2D eigenvalue weighted by molar-refractivity contribution is 0.208. The molecule has 0 spiro atoms. The van der Waals surface area contributed by atoms with Gasteiger partial charge in [0.1, 0.15) is 0 Å². The van der Waals surface area contributed by atoms with Crippen LogP contribution in [-0.4, -0.2) is 24.0 Å². The maximum absolute atomic E-state index is 11.3. The van der Waals surface area contributed by atoms with Crippen molar-refractivity contribution in [1.29, 1.82) is 0 Å². The summed E-state index contributed by atoms with van der Waals surface area (Å²) < 4.78 is 0. The van der Waals surface area contributed by atoms with Crippen LogP contribution in [0.3, 0.4) is 0 Å². The Morgan fingerprint density at radius 3 is 2.36 bits per heavy atom. The molecule has 5 heteroatoms. The first-order valence-corrected chi connectivity index (χ1v) is 4.00. The monoisotopic (exact) mass is 193 g/mol. The van der Waals surface area contributed by atoms with Gasteiger partial charge in [-0.15, -0.1) is 0 Å². The first-order valence-electron chi connectivity index (χ1n) is 4.00. The Morgan fingerprint density at radius 1 is 1.29 bits per heavy atom. The van der Waals surface area contributed by atoms with Crippen LogP contribution in [0.2, 0.25) is 0 Å². The Morgan fingerprint density at radius 2 is 1.86 bits per heavy atom. The van der Waals surface area contributed by atoms with Crippen LogP contribution < -0.4 is 11.1 Å². The van der Waals surface area contributed by atoms with Crippen LogP contribution in [-0.2, 0) is 0 Å². The van der Waals surface area contributed by atoms with Crippen LogP contribution in [0.25, 0.3) is 0 Å². The second-order valence-electron chi connectivity index (χ2n) is 2.69. The standard InChI is InChI=1S/C9H11N3O2/c1-12(8(10)13)9(14)11-7-5-3-2-4-6-7/h2-6H,1H3,(H2,10,13)(H,11,14). The molecule has 1 rings (SSSR count). The van der Waals surface area contributed by atoms with E-state index < -0.39 is 12.1 Å². The van der Waals surface area contributed by atoms with Gasteiger partial charge in [-0.1, -0.05) is 18.2 Å². The van der Waals surface area contributed by atoms with Crippen LogP contribution in [0.1, 0.15) is 0 Å². The quantitative estimate of drug-likeness (QED) is 0.703. The van der Waals surface area contributed by atoms with Gasteiger partial charge in [0.15, 0.2) is 0 Å². The van der Waals surface area contributed by atoms with Crippen molar-refractivity contribution in [2.45, 2.75) is 0 Å². The predicted octanol–water partition coefficient (Wildman–Crippen LogP) is 1.23. The number of nitrogens with zero attached hydrogens (tertiary/aromatic N) is 1. The molecule has 74 valence electrons. The summed E-state index contributed by atoms with van der Waals surface area (Å²) in [6, 6.07) is 7.47. The van der Waals surface area contributed by atoms with Gasteiger partial charge >= 0.3 is 12.1 Å². The van der Waals surface area contributed by atoms with Gasteiger partial charge in [0.25, 0.3) is 0 Å². The Hall–Kier alpha value is -2.04. The fourth-order valence-electron chi connectivity index (χ4n) is 0.829. The fraction of sp³-hybridized carbons (Fsp3) is 0.111. The number of rotatable bonds is 1. The summed E-state index contributed by atoms with van der Waals surface area (Å²) in [5, 5.41) is 2.51. The Labute approximate surface area is 81.5 Å². The second-order valence-corrected chi connectivity index (χ2v) is 2.69. The number of hydrogen-bond donors (Lipinski definition) is 2. The van der Waals surface area contributed by atoms with Gasteiger partial charge in [-0.2, -0.15) is 0 Å². The maximum atomic E-state index is 11.3. The molecule has 0 aliphatic carbocycles. The summed E-state index contributed by atoms with van der Waals surface area (Å²) in [7, 11) is 1.31. The van der Waals surface area contributed by atoms with Gasteiger partial charge in [-0.25, -0.2) is 14.5 Å². The molecule has 0 aromatic heterocycles. The number of anilines is 1. The van der Waals surface area contributed by atoms with Crippen LogP contribution in [0, 0.1) is 0 Å². The highest BCUT2D eigenvalue weighted by Crippen LogP contribution is 2.05. The Kier molecular flexibility index (Phi) is 3.06. The summed E-state index contributed by atoms with van der Waals surface area (Å²) in [6.07, 6.45) is 0. The number of hydrogen-bond acceptors (Lipinski definition) is 2. The number of benzene rings is 1. The van der Waals surface area contributed by atoms with Crippen molar-refractivity contribution in [1.82, 2.24) is 4.90 Å². The van der Waals surface area contributed by atoms with Gasteiger partial charge in [0.05, 0.1) is 0 Å². The van der Waals surface area contributed by atoms with E-state index in [1.54, 1.807) is 24.3 Å². The average molecular weight is 193 g/mol. The predicted molar refractivity (Wildman–Crippen MR) is 52.8 cm³/mol. The van der Waals surface area contributed by atoms with Gasteiger partial charge in [-0.3, -0.25) is 0 Å². The lowest BCUT2D eigenvalue weighted by Gasteiger charge is -2.13. The number of nitrogens with two attached hydrogens (primary N) is 1. The third kappa shape index (κ3) is 2.48. The summed E-state index contributed by atoms with van der Waals surface area (Å²) in [5.74, 6) is 0. The van der Waals surface area contributed by atoms with Crippen molar-refractivity contribution in [3.63, 3.8) is 0 Å². The van der Waals surface area contributed by atoms with E-state index in [2.05, 4.69) is 5.32 Å². The van der Waals surface area contributed by atoms with Crippen LogP contribution in [0.4, 0.5) is 15.3 Å². The molecule has 0 aliphatic rings. The third-order valence-corrected chi connectivity index (χ3v) is 1.66. The Bertz CT molecular complexity index is 337. The van der Waals surface area contributed by atoms with Crippen molar-refractivity contribution < 1.29 is 9.59 Å². The van der Waals surface area contributed by atoms with E-state index >= 15 is 0 Å². The van der Waals surface area contributed by atoms with E-state index in [0.29, 0.717) is 5.69 Å². The highest BCUT2D eigenvalue weighted by molar-refractivity contribution is 5.99. The van der Waals surface area contributed by atoms with Crippen LogP contribution in [0.15, 0.2) is 30.3 Å². The number of imide groups is 1. The SMILES string of the molecule is CN(C(N)=O)C(=O)Nc1ccccc1. The summed E-state index contributed by atoms with van der Waals surface area (Å²) in [6.45, 7) is 0. The zero-order chi connectivity index (χ0) is 10.6. The number of nitrogens with one attached hydrogen (secondary N) is 1. The lowest BCUT2D eigenvalue weighted by atomic mass is 10.3. The largest absolute Gasteiger partial charge is 0.351 e. The molecule has 1 aromatic carbocycles. The number of amides is 4. The summed E-state index contributed by atoms with van der Waals surface area (Å²) in [5.41, 5.74) is 5.53. The van der Waals surface area contributed by atoms with E-state index in [4.69, 9.17) is 5.73 Å². The molecular formula is C9H11N3O2. The summed E-state index contributed by atoms with van der Waals surface area (Å²) in [4.78, 5) is 22.7. The lowest BCUT2D eigenvalue weighted by Crippen LogP contribution is -2.40. The van der Waals surface area contributed by atoms with Crippen molar-refractivity contribution in [3.8, 4) is 0 Å². The molecule has 0 saturated carbocycles. The molecule has 3 N–H and O–H groups in total. The van der Waals surface area contributed by atoms with Gasteiger partial charge < -0.3 is 11.1 Å². The molecule has 4 amide bonds. The fourth-order valence-corrected chi connectivity index (χ4v) is 0.829. The summed E-state index contributed by atoms with van der Waals surface area (Å²) >= 11 is 0. The van der Waals surface area contributed by atoms with Crippen LogP contribution >= 0.6 is 0 Å². The van der Waals surface area contributed by atoms with Crippen molar-refractivity contribution in [2.24, 2.45) is 5.73 Å². The van der Waals surface area contributed by atoms with Crippen LogP contribution in [0.5, 0.6) is 0 Å². The third-order valence-electron chi connectivity index (χ3n) is 1.66. The van der Waals surface area contributed by atoms with Gasteiger partial charge in [0, 0.05) is 12.7 Å². The molecule has 14 heavy (non-hydrogen) atoms. The number of primary amides is 1. The molecule has 0 atom stereocenters. The number of carbonyl (C=O) groups excluding carboxylic acids is 2. The molecular weight excluding hydrogens is 182 g/mol. The molecule has 1 aromatic rings. The molecule has 0 radical (unpaired) electrons. The molecule has 0 saturated heterocycles. The number of urea groups is 2. The van der Waals surface area contributed by atoms with E-state index in [-0.39, 0.29) is 0 Å². The zero-order valence-corrected chi connectivity index (χ0v) is 7.73. The maximum Gasteiger partial charge on any atom is 0.329 e. The molecule has 5 nitrogen and oxygen atoms in total. The van der Waals surface area contributed by atoms with Crippen molar-refractivity contribution in [3.05, 3.63) is 30.3 Å². The highest BCUT2D eigenvalue weighted by atomic mass is 16.2. The Balaban J connectivity index is 2.62. The zero-order valence-electron chi connectivity index (χ0n) is 7.73. The highest BCUT2D eigenvalue weighted by Gasteiger charge is 2.12. The minimum absolute atomic E-state index is 0.552. The molecule has 0 aliphatic heterocycles. The minimum Gasteiger partial charge on any atom is -0.351 e. The first-order chi connectivity index (χ1) is 6.61. The number of carbonyl (C=O) groups is 2. The van der Waals surface area contributed by atoms with E-state index in [1.807, 2.05) is 6.07 Å². The van der Waals surface area contributed by atoms with Crippen molar-refractivity contribution in [2.75, 3.05) is 12.4 Å². The van der Waals surface area contributed by atoms with E-state index in [0.717, 1.165) is 4.90 Å².